The number of rotatable bonds is 7. The number of aromatic nitrogens is 3. The maximum Gasteiger partial charge on any atom is 0.324 e. The van der Waals surface area contributed by atoms with Crippen molar-refractivity contribution in [2.24, 2.45) is 23.2 Å². The molecule has 0 spiro atoms. The molecule has 6 bridgehead atoms. The first-order valence-corrected chi connectivity index (χ1v) is 21.6. The smallest absolute Gasteiger partial charge is 0.324 e. The van der Waals surface area contributed by atoms with E-state index < -0.39 is 22.6 Å². The summed E-state index contributed by atoms with van der Waals surface area (Å²) in [5.74, 6) is -0.806. The summed E-state index contributed by atoms with van der Waals surface area (Å²) < 4.78 is 14.3. The molecule has 2 fully saturated rings. The fraction of sp³-hybridized carbons (Fsp3) is 0.558. The van der Waals surface area contributed by atoms with E-state index in [4.69, 9.17) is 19.4 Å². The number of methoxy groups -OCH3 is 1. The van der Waals surface area contributed by atoms with E-state index in [1.165, 1.54) is 16.3 Å². The minimum Gasteiger partial charge on any atom is -0.464 e. The summed E-state index contributed by atoms with van der Waals surface area (Å²) in [4.78, 5) is 54.7. The average Bonchev–Trinajstić information content (AvgIpc) is 3.91. The number of fused-ring (bicyclic) bond motifs is 6. The highest BCUT2D eigenvalue weighted by Gasteiger charge is 2.46. The van der Waals surface area contributed by atoms with Gasteiger partial charge in [-0.25, -0.2) is 10.4 Å². The number of ether oxygens (including phenoxy) is 2. The van der Waals surface area contributed by atoms with Crippen LogP contribution in [0.25, 0.3) is 33.4 Å². The number of pyridine rings is 1. The van der Waals surface area contributed by atoms with Gasteiger partial charge in [0, 0.05) is 78.7 Å². The average molecular weight is 811 g/mol. The van der Waals surface area contributed by atoms with E-state index in [9.17, 15) is 14.4 Å². The molecule has 1 aromatic carbocycles. The zero-order valence-electron chi connectivity index (χ0n) is 34.5. The Balaban J connectivity index is 1.35. The molecule has 14 heteroatoms. The number of carbonyl (C=O) groups is 3. The summed E-state index contributed by atoms with van der Waals surface area (Å²) in [5, 5.41) is 6.90. The topological polar surface area (TPSA) is 131 Å². The Morgan fingerprint density at radius 1 is 1.18 bits per heavy atom. The zero-order valence-corrected chi connectivity index (χ0v) is 36.3. The van der Waals surface area contributed by atoms with Crippen molar-refractivity contribution in [2.75, 3.05) is 40.4 Å². The van der Waals surface area contributed by atoms with Gasteiger partial charge < -0.3 is 24.3 Å². The van der Waals surface area contributed by atoms with Crippen molar-refractivity contribution >= 4 is 50.3 Å². The van der Waals surface area contributed by atoms with Gasteiger partial charge in [-0.3, -0.25) is 24.4 Å². The van der Waals surface area contributed by atoms with Crippen LogP contribution in [0.15, 0.2) is 41.9 Å². The van der Waals surface area contributed by atoms with Crippen LogP contribution in [-0.2, 0) is 43.2 Å². The Bertz CT molecular complexity index is 2150. The highest BCUT2D eigenvalue weighted by molar-refractivity contribution is 7.10. The zero-order chi connectivity index (χ0) is 40.8. The molecule has 2 amide bonds. The number of esters is 1. The van der Waals surface area contributed by atoms with Crippen molar-refractivity contribution in [3.05, 3.63) is 58.2 Å². The molecule has 3 aliphatic rings. The highest BCUT2D eigenvalue weighted by Crippen LogP contribution is 2.42. The number of thiazole rings is 1. The Labute approximate surface area is 343 Å². The van der Waals surface area contributed by atoms with E-state index in [1.54, 1.807) is 13.3 Å². The molecule has 7 rings (SSSR count). The molecule has 0 saturated carbocycles. The van der Waals surface area contributed by atoms with Gasteiger partial charge in [0.1, 0.15) is 11.2 Å². The first-order valence-electron chi connectivity index (χ1n) is 20.2. The molecule has 57 heavy (non-hydrogen) atoms. The van der Waals surface area contributed by atoms with E-state index in [0.29, 0.717) is 43.3 Å². The van der Waals surface area contributed by atoms with Crippen LogP contribution in [0.2, 0.25) is 0 Å². The third-order valence-corrected chi connectivity index (χ3v) is 13.4. The lowest BCUT2D eigenvalue weighted by Gasteiger charge is -2.40. The largest absolute Gasteiger partial charge is 0.464 e. The van der Waals surface area contributed by atoms with E-state index in [0.717, 1.165) is 57.8 Å². The van der Waals surface area contributed by atoms with Crippen LogP contribution in [0.4, 0.5) is 0 Å². The van der Waals surface area contributed by atoms with Gasteiger partial charge in [0.05, 0.1) is 51.0 Å². The fourth-order valence-electron chi connectivity index (χ4n) is 8.89. The first-order chi connectivity index (χ1) is 27.1. The summed E-state index contributed by atoms with van der Waals surface area (Å²) in [5.41, 5.74) is 9.59. The Morgan fingerprint density at radius 3 is 2.70 bits per heavy atom. The molecule has 5 atom stereocenters. The van der Waals surface area contributed by atoms with E-state index in [2.05, 4.69) is 89.3 Å². The molecule has 3 aliphatic heterocycles. The molecule has 2 N–H and O–H groups in total. The molecule has 6 heterocycles. The van der Waals surface area contributed by atoms with Crippen LogP contribution in [0.5, 0.6) is 0 Å². The predicted molar refractivity (Wildman–Crippen MR) is 223 cm³/mol. The second kappa shape index (κ2) is 16.4. The van der Waals surface area contributed by atoms with Crippen molar-refractivity contribution in [3.63, 3.8) is 0 Å². The van der Waals surface area contributed by atoms with Crippen LogP contribution in [-0.4, -0.2) is 104 Å². The van der Waals surface area contributed by atoms with Crippen LogP contribution in [0.1, 0.15) is 76.8 Å². The van der Waals surface area contributed by atoms with Gasteiger partial charge in [-0.15, -0.1) is 11.3 Å². The molecular weight excluding hydrogens is 755 g/mol. The molecule has 12 nitrogen and oxygen atoms in total. The molecule has 303 valence electrons. The van der Waals surface area contributed by atoms with Crippen LogP contribution >= 0.6 is 11.3 Å². The predicted octanol–water partition coefficient (Wildman–Crippen LogP) is 5.53. The number of carbonyl (C=O) groups excluding carboxylic acids is 3. The van der Waals surface area contributed by atoms with Gasteiger partial charge in [0.2, 0.25) is 5.91 Å². The molecule has 2 saturated heterocycles. The minimum atomic E-state index is -1.52. The van der Waals surface area contributed by atoms with Crippen molar-refractivity contribution in [3.8, 4) is 22.5 Å². The minimum absolute atomic E-state index is 0.112. The third kappa shape index (κ3) is 8.21. The number of cyclic esters (lactones) is 1. The van der Waals surface area contributed by atoms with Crippen molar-refractivity contribution in [1.29, 1.82) is 0 Å². The normalized spacial score (nSPS) is 25.1. The number of benzene rings is 1. The number of hydrogen-bond acceptors (Lipinski definition) is 10. The van der Waals surface area contributed by atoms with Gasteiger partial charge in [-0.2, -0.15) is 0 Å². The first kappa shape index (κ1) is 41.2. The summed E-state index contributed by atoms with van der Waals surface area (Å²) in [6, 6.07) is 9.82. The summed E-state index contributed by atoms with van der Waals surface area (Å²) in [6.45, 7) is 15.4. The summed E-state index contributed by atoms with van der Waals surface area (Å²) in [7, 11) is 7.58. The number of aryl methyl sites for hydroxylation is 1. The number of hydrogen-bond donors (Lipinski definition) is 2. The van der Waals surface area contributed by atoms with Gasteiger partial charge in [-0.1, -0.05) is 33.8 Å². The van der Waals surface area contributed by atoms with E-state index in [-0.39, 0.29) is 42.8 Å². The highest BCUT2D eigenvalue weighted by atomic mass is 32.1. The third-order valence-electron chi connectivity index (χ3n) is 12.0. The molecule has 3 radical (unpaired) electrons. The summed E-state index contributed by atoms with van der Waals surface area (Å²) in [6.07, 6.45) is 3.41. The van der Waals surface area contributed by atoms with Crippen LogP contribution in [0.3, 0.4) is 0 Å². The van der Waals surface area contributed by atoms with Crippen molar-refractivity contribution in [1.82, 2.24) is 35.2 Å². The number of likely N-dealkylation sites (tertiary alicyclic amines) is 1. The second-order valence-corrected chi connectivity index (χ2v) is 19.1. The van der Waals surface area contributed by atoms with Gasteiger partial charge in [-0.05, 0) is 81.8 Å². The quantitative estimate of drug-likeness (QED) is 0.183. The number of amides is 2. The molecule has 4 aromatic rings. The molecule has 0 unspecified atom stereocenters. The van der Waals surface area contributed by atoms with Crippen LogP contribution < -0.4 is 10.7 Å². The number of nitrogens with zero attached hydrogens (tertiary/aromatic N) is 5. The Morgan fingerprint density at radius 2 is 1.96 bits per heavy atom. The number of nitrogens with one attached hydrogen (secondary N) is 2. The Kier molecular flexibility index (Phi) is 11.8. The van der Waals surface area contributed by atoms with Gasteiger partial charge in [0.25, 0.3) is 5.91 Å². The van der Waals surface area contributed by atoms with Crippen molar-refractivity contribution in [2.45, 2.75) is 91.1 Å². The standard InChI is InChI=1S/C43H56N7O5SSi/c1-9-49-35-15-14-27-18-29(35)30(38(49)28-12-10-16-44-37(28)26(4)54-8)19-42(5,6)24-55-40(52)33-13-11-17-50(47-33)41(53)43(57,20-36-45-34(27)23-56-36)46-39(51)32-22-48(7)21-31(32)25(2)3/h10,12,14-16,18,23,25-26,31-33,47H,9,11,13,17,19-22,24H2,1-8H3,(H,46,51)/t26-,31-,32+,33-,43+/m0/s1. The molecule has 3 aromatic heterocycles. The maximum atomic E-state index is 14.6. The lowest BCUT2D eigenvalue weighted by Crippen LogP contribution is -2.67. The molecule has 0 aliphatic carbocycles. The lowest BCUT2D eigenvalue weighted by molar-refractivity contribution is -0.156. The lowest BCUT2D eigenvalue weighted by atomic mass is 9.84. The van der Waals surface area contributed by atoms with Gasteiger partial charge >= 0.3 is 5.97 Å². The van der Waals surface area contributed by atoms with Crippen molar-refractivity contribution < 1.29 is 23.9 Å². The van der Waals surface area contributed by atoms with Gasteiger partial charge in [0.15, 0.2) is 0 Å². The number of hydrazine groups is 1. The van der Waals surface area contributed by atoms with E-state index in [1.807, 2.05) is 25.4 Å². The second-order valence-electron chi connectivity index (χ2n) is 17.3. The SMILES string of the molecule is CCn1c(-c2cccnc2[C@H](C)OC)c2c3cc(ccc31)-c1csc(n1)C[C@]([Si])(NC(=O)[C@@H]1CN(C)C[C@H]1C(C)C)C(=O)N1CCC[C@H](N1)C(=O)OCC(C)(C)C2. The molecular formula is C43H56N7O5SSi. The fourth-order valence-corrected chi connectivity index (χ4v) is 10.3. The van der Waals surface area contributed by atoms with Crippen LogP contribution in [0, 0.1) is 23.2 Å². The Hall–Kier alpha value is -3.95. The maximum absolute atomic E-state index is 14.6. The monoisotopic (exact) mass is 810 g/mol. The van der Waals surface area contributed by atoms with E-state index >= 15 is 0 Å². The summed E-state index contributed by atoms with van der Waals surface area (Å²) >= 11 is 1.46.